The van der Waals surface area contributed by atoms with Crippen molar-refractivity contribution in [3.05, 3.63) is 64.0 Å². The Labute approximate surface area is 144 Å². The molecule has 0 aliphatic heterocycles. The second-order valence-corrected chi connectivity index (χ2v) is 5.99. The van der Waals surface area contributed by atoms with Crippen molar-refractivity contribution in [2.24, 2.45) is 5.73 Å². The predicted octanol–water partition coefficient (Wildman–Crippen LogP) is 3.46. The summed E-state index contributed by atoms with van der Waals surface area (Å²) in [5, 5.41) is 1.13. The summed E-state index contributed by atoms with van der Waals surface area (Å²) in [4.78, 5) is 13.1. The highest BCUT2D eigenvalue weighted by Crippen LogP contribution is 2.31. The number of nitrogens with zero attached hydrogens (tertiary/aromatic N) is 4. The maximum absolute atomic E-state index is 6.28. The number of benzene rings is 1. The minimum absolute atomic E-state index is 0.341. The number of aryl methyl sites for hydroxylation is 1. The normalized spacial score (nSPS) is 11.0. The van der Waals surface area contributed by atoms with E-state index >= 15 is 0 Å². The number of aromatic nitrogens is 4. The van der Waals surface area contributed by atoms with Gasteiger partial charge in [-0.3, -0.25) is 9.97 Å². The fourth-order valence-electron chi connectivity index (χ4n) is 2.34. The van der Waals surface area contributed by atoms with E-state index in [2.05, 4.69) is 15.0 Å². The van der Waals surface area contributed by atoms with Crippen LogP contribution in [0.25, 0.3) is 11.3 Å². The number of hydrogen-bond acceptors (Lipinski definition) is 4. The summed E-state index contributed by atoms with van der Waals surface area (Å²) in [5.41, 5.74) is 10.1. The molecule has 0 aliphatic carbocycles. The molecule has 2 aromatic heterocycles. The van der Waals surface area contributed by atoms with Crippen molar-refractivity contribution in [3.63, 3.8) is 0 Å². The molecule has 0 saturated carbocycles. The number of halogens is 2. The van der Waals surface area contributed by atoms with Gasteiger partial charge in [0.1, 0.15) is 0 Å². The summed E-state index contributed by atoms with van der Waals surface area (Å²) in [6.45, 7) is 2.80. The summed E-state index contributed by atoms with van der Waals surface area (Å²) in [6, 6.07) is 5.33. The van der Waals surface area contributed by atoms with Crippen LogP contribution in [0.15, 0.2) is 36.9 Å². The first-order valence-corrected chi connectivity index (χ1v) is 7.81. The minimum atomic E-state index is 0.341. The van der Waals surface area contributed by atoms with E-state index in [1.54, 1.807) is 30.9 Å². The first-order chi connectivity index (χ1) is 11.1. The topological polar surface area (TPSA) is 69.6 Å². The van der Waals surface area contributed by atoms with Crippen molar-refractivity contribution in [2.75, 3.05) is 0 Å². The fraction of sp³-hybridized carbons (Fsp3) is 0.188. The minimum Gasteiger partial charge on any atom is -0.327 e. The Morgan fingerprint density at radius 1 is 1.13 bits per heavy atom. The zero-order chi connectivity index (χ0) is 16.4. The summed E-state index contributed by atoms with van der Waals surface area (Å²) in [5.74, 6) is 0. The standard InChI is InChI=1S/C16H15Cl2N5/c1-10-6-21-12(7-20-10)8-23-9-22-16(15(23)5-19)13-3-2-11(17)4-14(13)18/h2-4,6-7,9H,5,8,19H2,1H3. The molecule has 3 rings (SSSR count). The molecule has 0 amide bonds. The predicted molar refractivity (Wildman–Crippen MR) is 91.4 cm³/mol. The van der Waals surface area contributed by atoms with Gasteiger partial charge < -0.3 is 10.3 Å². The van der Waals surface area contributed by atoms with Gasteiger partial charge in [-0.25, -0.2) is 4.98 Å². The van der Waals surface area contributed by atoms with E-state index in [1.165, 1.54) is 0 Å². The first-order valence-electron chi connectivity index (χ1n) is 7.05. The molecule has 0 fully saturated rings. The molecule has 118 valence electrons. The van der Waals surface area contributed by atoms with Gasteiger partial charge in [0.15, 0.2) is 0 Å². The van der Waals surface area contributed by atoms with Gasteiger partial charge in [0.25, 0.3) is 0 Å². The summed E-state index contributed by atoms with van der Waals surface area (Å²) in [7, 11) is 0. The lowest BCUT2D eigenvalue weighted by Crippen LogP contribution is -2.10. The zero-order valence-corrected chi connectivity index (χ0v) is 14.0. The largest absolute Gasteiger partial charge is 0.327 e. The van der Waals surface area contributed by atoms with Gasteiger partial charge in [-0.15, -0.1) is 0 Å². The molecule has 2 heterocycles. The Kier molecular flexibility index (Phi) is 4.61. The molecule has 3 aromatic rings. The summed E-state index contributed by atoms with van der Waals surface area (Å²) >= 11 is 12.2. The SMILES string of the molecule is Cc1cnc(Cn2cnc(-c3ccc(Cl)cc3Cl)c2CN)cn1. The molecule has 0 saturated heterocycles. The zero-order valence-electron chi connectivity index (χ0n) is 12.5. The van der Waals surface area contributed by atoms with Gasteiger partial charge in [-0.1, -0.05) is 23.2 Å². The molecular weight excluding hydrogens is 333 g/mol. The van der Waals surface area contributed by atoms with E-state index in [-0.39, 0.29) is 0 Å². The maximum atomic E-state index is 6.28. The third kappa shape index (κ3) is 3.37. The van der Waals surface area contributed by atoms with Crippen LogP contribution >= 0.6 is 23.2 Å². The van der Waals surface area contributed by atoms with Crippen LogP contribution < -0.4 is 5.73 Å². The van der Waals surface area contributed by atoms with Gasteiger partial charge in [0, 0.05) is 23.3 Å². The first kappa shape index (κ1) is 15.9. The Bertz CT molecular complexity index is 827. The van der Waals surface area contributed by atoms with Crippen LogP contribution in [0.1, 0.15) is 17.1 Å². The number of imidazole rings is 1. The van der Waals surface area contributed by atoms with E-state index in [0.29, 0.717) is 23.1 Å². The Morgan fingerprint density at radius 2 is 1.96 bits per heavy atom. The highest BCUT2D eigenvalue weighted by atomic mass is 35.5. The third-order valence-corrected chi connectivity index (χ3v) is 4.04. The molecule has 0 unspecified atom stereocenters. The number of rotatable bonds is 4. The molecule has 0 aliphatic rings. The van der Waals surface area contributed by atoms with Crippen molar-refractivity contribution < 1.29 is 0 Å². The molecule has 0 spiro atoms. The lowest BCUT2D eigenvalue weighted by atomic mass is 10.1. The number of nitrogens with two attached hydrogens (primary N) is 1. The van der Waals surface area contributed by atoms with Crippen LogP contribution in [0.3, 0.4) is 0 Å². The maximum Gasteiger partial charge on any atom is 0.0960 e. The van der Waals surface area contributed by atoms with Crippen LogP contribution in [0, 0.1) is 6.92 Å². The van der Waals surface area contributed by atoms with Crippen LogP contribution in [0.2, 0.25) is 10.0 Å². The Morgan fingerprint density at radius 3 is 2.61 bits per heavy atom. The van der Waals surface area contributed by atoms with E-state index in [9.17, 15) is 0 Å². The molecule has 1 aromatic carbocycles. The monoisotopic (exact) mass is 347 g/mol. The summed E-state index contributed by atoms with van der Waals surface area (Å²) < 4.78 is 1.96. The third-order valence-electron chi connectivity index (χ3n) is 3.49. The Hall–Kier alpha value is -1.95. The van der Waals surface area contributed by atoms with E-state index in [1.807, 2.05) is 17.6 Å². The average molecular weight is 348 g/mol. The molecule has 2 N–H and O–H groups in total. The van der Waals surface area contributed by atoms with Gasteiger partial charge in [0.05, 0.1) is 46.9 Å². The van der Waals surface area contributed by atoms with Crippen molar-refractivity contribution in [3.8, 4) is 11.3 Å². The molecule has 0 atom stereocenters. The Balaban J connectivity index is 1.98. The number of hydrogen-bond donors (Lipinski definition) is 1. The van der Waals surface area contributed by atoms with Gasteiger partial charge in [-0.05, 0) is 25.1 Å². The highest BCUT2D eigenvalue weighted by Gasteiger charge is 2.15. The molecule has 0 radical (unpaired) electrons. The molecule has 7 heteroatoms. The lowest BCUT2D eigenvalue weighted by molar-refractivity contribution is 0.719. The second kappa shape index (κ2) is 6.66. The van der Waals surface area contributed by atoms with Crippen LogP contribution in [0.4, 0.5) is 0 Å². The average Bonchev–Trinajstić information content (AvgIpc) is 2.92. The van der Waals surface area contributed by atoms with E-state index < -0.39 is 0 Å². The molecule has 23 heavy (non-hydrogen) atoms. The van der Waals surface area contributed by atoms with Crippen LogP contribution in [-0.4, -0.2) is 19.5 Å². The van der Waals surface area contributed by atoms with Crippen molar-refractivity contribution >= 4 is 23.2 Å². The molecular formula is C16H15Cl2N5. The van der Waals surface area contributed by atoms with Gasteiger partial charge in [-0.2, -0.15) is 0 Å². The smallest absolute Gasteiger partial charge is 0.0960 e. The van der Waals surface area contributed by atoms with Crippen molar-refractivity contribution in [1.29, 1.82) is 0 Å². The van der Waals surface area contributed by atoms with E-state index in [4.69, 9.17) is 28.9 Å². The van der Waals surface area contributed by atoms with Crippen molar-refractivity contribution in [2.45, 2.75) is 20.0 Å². The molecule has 5 nitrogen and oxygen atoms in total. The quantitative estimate of drug-likeness (QED) is 0.784. The second-order valence-electron chi connectivity index (χ2n) is 5.15. The van der Waals surface area contributed by atoms with Gasteiger partial charge >= 0.3 is 0 Å². The van der Waals surface area contributed by atoms with Crippen LogP contribution in [0.5, 0.6) is 0 Å². The highest BCUT2D eigenvalue weighted by molar-refractivity contribution is 6.36. The summed E-state index contributed by atoms with van der Waals surface area (Å²) in [6.07, 6.45) is 5.24. The lowest BCUT2D eigenvalue weighted by Gasteiger charge is -2.09. The van der Waals surface area contributed by atoms with Gasteiger partial charge in [0.2, 0.25) is 0 Å². The van der Waals surface area contributed by atoms with E-state index in [0.717, 1.165) is 28.3 Å². The molecule has 0 bridgehead atoms. The fourth-order valence-corrected chi connectivity index (χ4v) is 2.84. The van der Waals surface area contributed by atoms with Crippen LogP contribution in [-0.2, 0) is 13.1 Å². The van der Waals surface area contributed by atoms with Crippen molar-refractivity contribution in [1.82, 2.24) is 19.5 Å².